The Labute approximate surface area is 165 Å². The van der Waals surface area contributed by atoms with Crippen molar-refractivity contribution >= 4 is 17.5 Å². The van der Waals surface area contributed by atoms with Crippen molar-refractivity contribution in [1.29, 1.82) is 0 Å². The fourth-order valence-corrected chi connectivity index (χ4v) is 4.29. The SMILES string of the molecule is NCC1CCC(CNc2nc(NC[C@H]3CCCC[C@H]3O)ncc2[N+](=O)[O-])CC1. The normalized spacial score (nSPS) is 27.9. The van der Waals surface area contributed by atoms with E-state index in [1.165, 1.54) is 6.20 Å². The third-order valence-corrected chi connectivity index (χ3v) is 6.22. The second-order valence-electron chi connectivity index (χ2n) is 8.18. The lowest BCUT2D eigenvalue weighted by atomic mass is 9.82. The van der Waals surface area contributed by atoms with Crippen LogP contribution in [0, 0.1) is 27.9 Å². The number of nitrogens with zero attached hydrogens (tertiary/aromatic N) is 3. The fourth-order valence-electron chi connectivity index (χ4n) is 4.29. The van der Waals surface area contributed by atoms with E-state index in [2.05, 4.69) is 20.6 Å². The predicted molar refractivity (Wildman–Crippen MR) is 108 cm³/mol. The van der Waals surface area contributed by atoms with Crippen LogP contribution in [0.3, 0.4) is 0 Å². The van der Waals surface area contributed by atoms with Gasteiger partial charge < -0.3 is 21.5 Å². The van der Waals surface area contributed by atoms with Crippen molar-refractivity contribution in [2.24, 2.45) is 23.5 Å². The lowest BCUT2D eigenvalue weighted by Gasteiger charge is -2.28. The Balaban J connectivity index is 1.58. The molecule has 0 aliphatic heterocycles. The van der Waals surface area contributed by atoms with Crippen molar-refractivity contribution in [3.05, 3.63) is 16.3 Å². The van der Waals surface area contributed by atoms with E-state index in [-0.39, 0.29) is 23.5 Å². The molecule has 2 aliphatic carbocycles. The molecule has 0 unspecified atom stereocenters. The van der Waals surface area contributed by atoms with Crippen LogP contribution < -0.4 is 16.4 Å². The standard InChI is InChI=1S/C19H32N6O3/c20-9-13-5-7-14(8-6-13)10-21-18-16(25(27)28)12-23-19(24-18)22-11-15-3-1-2-4-17(15)26/h12-15,17,26H,1-11,20H2,(H2,21,22,23,24)/t13?,14?,15-,17-/m1/s1. The molecule has 1 aromatic heterocycles. The van der Waals surface area contributed by atoms with Crippen molar-refractivity contribution < 1.29 is 10.0 Å². The number of anilines is 2. The molecule has 2 aliphatic rings. The summed E-state index contributed by atoms with van der Waals surface area (Å²) in [4.78, 5) is 19.3. The zero-order valence-electron chi connectivity index (χ0n) is 16.3. The van der Waals surface area contributed by atoms with Gasteiger partial charge in [0, 0.05) is 19.0 Å². The Bertz CT molecular complexity index is 651. The average molecular weight is 393 g/mol. The van der Waals surface area contributed by atoms with Crippen molar-refractivity contribution in [3.8, 4) is 0 Å². The monoisotopic (exact) mass is 392 g/mol. The van der Waals surface area contributed by atoms with E-state index in [1.54, 1.807) is 0 Å². The third-order valence-electron chi connectivity index (χ3n) is 6.22. The first-order valence-corrected chi connectivity index (χ1v) is 10.4. The van der Waals surface area contributed by atoms with Gasteiger partial charge in [-0.3, -0.25) is 10.1 Å². The molecule has 0 radical (unpaired) electrons. The number of hydrogen-bond acceptors (Lipinski definition) is 8. The van der Waals surface area contributed by atoms with Gasteiger partial charge in [0.2, 0.25) is 11.8 Å². The number of nitrogens with two attached hydrogens (primary N) is 1. The maximum absolute atomic E-state index is 11.3. The lowest BCUT2D eigenvalue weighted by molar-refractivity contribution is -0.384. The molecule has 28 heavy (non-hydrogen) atoms. The summed E-state index contributed by atoms with van der Waals surface area (Å²) in [5.74, 6) is 1.87. The van der Waals surface area contributed by atoms with E-state index in [9.17, 15) is 15.2 Å². The number of aliphatic hydroxyl groups is 1. The van der Waals surface area contributed by atoms with E-state index in [1.807, 2.05) is 0 Å². The summed E-state index contributed by atoms with van der Waals surface area (Å²) < 4.78 is 0. The van der Waals surface area contributed by atoms with Crippen LogP contribution >= 0.6 is 0 Å². The quantitative estimate of drug-likeness (QED) is 0.391. The van der Waals surface area contributed by atoms with Gasteiger partial charge in [-0.25, -0.2) is 4.98 Å². The van der Waals surface area contributed by atoms with E-state index in [4.69, 9.17) is 5.73 Å². The first kappa shape index (κ1) is 20.7. The minimum absolute atomic E-state index is 0.112. The molecule has 9 heteroatoms. The Morgan fingerprint density at radius 2 is 1.82 bits per heavy atom. The Morgan fingerprint density at radius 3 is 2.50 bits per heavy atom. The molecule has 0 amide bonds. The second kappa shape index (κ2) is 9.97. The maximum atomic E-state index is 11.3. The summed E-state index contributed by atoms with van der Waals surface area (Å²) in [5.41, 5.74) is 5.63. The van der Waals surface area contributed by atoms with Crippen LogP contribution in [0.4, 0.5) is 17.5 Å². The second-order valence-corrected chi connectivity index (χ2v) is 8.18. The van der Waals surface area contributed by atoms with Crippen molar-refractivity contribution in [1.82, 2.24) is 9.97 Å². The summed E-state index contributed by atoms with van der Waals surface area (Å²) in [7, 11) is 0. The van der Waals surface area contributed by atoms with Gasteiger partial charge in [-0.1, -0.05) is 12.8 Å². The predicted octanol–water partition coefficient (Wildman–Crippen LogP) is 2.52. The largest absolute Gasteiger partial charge is 0.393 e. The number of nitro groups is 1. The van der Waals surface area contributed by atoms with E-state index >= 15 is 0 Å². The van der Waals surface area contributed by atoms with Crippen molar-refractivity contribution in [3.63, 3.8) is 0 Å². The molecule has 2 fully saturated rings. The molecule has 9 nitrogen and oxygen atoms in total. The molecule has 0 bridgehead atoms. The first-order chi connectivity index (χ1) is 13.6. The van der Waals surface area contributed by atoms with Gasteiger partial charge in [-0.15, -0.1) is 0 Å². The minimum atomic E-state index is -0.456. The highest BCUT2D eigenvalue weighted by atomic mass is 16.6. The molecule has 0 saturated heterocycles. The molecule has 156 valence electrons. The smallest absolute Gasteiger partial charge is 0.329 e. The van der Waals surface area contributed by atoms with E-state index < -0.39 is 4.92 Å². The first-order valence-electron chi connectivity index (χ1n) is 10.4. The summed E-state index contributed by atoms with van der Waals surface area (Å²) in [6, 6.07) is 0. The number of rotatable bonds is 8. The van der Waals surface area contributed by atoms with E-state index in [0.717, 1.165) is 57.9 Å². The van der Waals surface area contributed by atoms with Crippen molar-refractivity contribution in [2.75, 3.05) is 30.3 Å². The molecule has 1 aromatic rings. The van der Waals surface area contributed by atoms with Crippen LogP contribution in [0.2, 0.25) is 0 Å². The Hall–Kier alpha value is -2.00. The lowest BCUT2D eigenvalue weighted by Crippen LogP contribution is -2.30. The van der Waals surface area contributed by atoms with Crippen LogP contribution in [-0.4, -0.2) is 45.7 Å². The molecule has 1 heterocycles. The van der Waals surface area contributed by atoms with Gasteiger partial charge >= 0.3 is 5.69 Å². The molecule has 2 saturated carbocycles. The Morgan fingerprint density at radius 1 is 1.11 bits per heavy atom. The highest BCUT2D eigenvalue weighted by Gasteiger charge is 2.25. The molecule has 5 N–H and O–H groups in total. The van der Waals surface area contributed by atoms with Gasteiger partial charge in [0.15, 0.2) is 0 Å². The van der Waals surface area contributed by atoms with Gasteiger partial charge in [0.05, 0.1) is 11.0 Å². The van der Waals surface area contributed by atoms with E-state index in [0.29, 0.717) is 30.9 Å². The highest BCUT2D eigenvalue weighted by Crippen LogP contribution is 2.30. The van der Waals surface area contributed by atoms with Crippen LogP contribution in [0.25, 0.3) is 0 Å². The zero-order chi connectivity index (χ0) is 19.9. The molecule has 2 atom stereocenters. The van der Waals surface area contributed by atoms with Crippen LogP contribution in [-0.2, 0) is 0 Å². The van der Waals surface area contributed by atoms with Gasteiger partial charge in [-0.2, -0.15) is 4.98 Å². The van der Waals surface area contributed by atoms with Gasteiger partial charge in [0.25, 0.3) is 0 Å². The number of nitrogens with one attached hydrogen (secondary N) is 2. The third kappa shape index (κ3) is 5.51. The van der Waals surface area contributed by atoms with Crippen molar-refractivity contribution in [2.45, 2.75) is 57.5 Å². The molecule has 0 spiro atoms. The number of aliphatic hydroxyl groups excluding tert-OH is 1. The van der Waals surface area contributed by atoms with Crippen LogP contribution in [0.1, 0.15) is 51.4 Å². The van der Waals surface area contributed by atoms with Gasteiger partial charge in [-0.05, 0) is 56.9 Å². The summed E-state index contributed by atoms with van der Waals surface area (Å²) >= 11 is 0. The molecule has 0 aromatic carbocycles. The molecular formula is C19H32N6O3. The Kier molecular flexibility index (Phi) is 7.38. The van der Waals surface area contributed by atoms with Crippen LogP contribution in [0.5, 0.6) is 0 Å². The van der Waals surface area contributed by atoms with Crippen LogP contribution in [0.15, 0.2) is 6.20 Å². The summed E-state index contributed by atoms with van der Waals surface area (Å²) in [6.45, 7) is 1.97. The summed E-state index contributed by atoms with van der Waals surface area (Å²) in [5, 5.41) is 27.7. The zero-order valence-corrected chi connectivity index (χ0v) is 16.3. The topological polar surface area (TPSA) is 139 Å². The maximum Gasteiger partial charge on any atom is 0.329 e. The van der Waals surface area contributed by atoms with Gasteiger partial charge in [0.1, 0.15) is 6.20 Å². The summed E-state index contributed by atoms with van der Waals surface area (Å²) in [6.07, 6.45) is 9.31. The molecular weight excluding hydrogens is 360 g/mol. The fraction of sp³-hybridized carbons (Fsp3) is 0.789. The molecule has 3 rings (SSSR count). The minimum Gasteiger partial charge on any atom is -0.393 e. The number of aromatic nitrogens is 2. The number of hydrogen-bond donors (Lipinski definition) is 4. The average Bonchev–Trinajstić information content (AvgIpc) is 2.72. The highest BCUT2D eigenvalue weighted by molar-refractivity contribution is 5.57.